The average Bonchev–Trinajstić information content (AvgIpc) is 2.59. The first-order valence-corrected chi connectivity index (χ1v) is 8.56. The summed E-state index contributed by atoms with van der Waals surface area (Å²) in [6, 6.07) is 6.89. The molecule has 0 bridgehead atoms. The third kappa shape index (κ3) is 5.15. The summed E-state index contributed by atoms with van der Waals surface area (Å²) in [5, 5.41) is 21.1. The van der Waals surface area contributed by atoms with Crippen molar-refractivity contribution in [1.82, 2.24) is 10.0 Å². The summed E-state index contributed by atoms with van der Waals surface area (Å²) in [6.07, 6.45) is 0.290. The van der Waals surface area contributed by atoms with Crippen LogP contribution in [0.3, 0.4) is 0 Å². The van der Waals surface area contributed by atoms with Crippen LogP contribution in [0.15, 0.2) is 39.7 Å². The minimum atomic E-state index is -1.10. The van der Waals surface area contributed by atoms with Gasteiger partial charge in [0, 0.05) is 29.5 Å². The molecular formula is C17H20BrN3O5. The lowest BCUT2D eigenvalue weighted by Crippen LogP contribution is -2.31. The highest BCUT2D eigenvalue weighted by molar-refractivity contribution is 9.10. The average molecular weight is 426 g/mol. The largest absolute Gasteiger partial charge is 0.394 e. The molecule has 1 aromatic heterocycles. The number of nitrogens with zero attached hydrogens (tertiary/aromatic N) is 1. The molecule has 0 spiro atoms. The fourth-order valence-electron chi connectivity index (χ4n) is 2.14. The molecule has 0 unspecified atom stereocenters. The van der Waals surface area contributed by atoms with Crippen molar-refractivity contribution < 1.29 is 19.8 Å². The maximum atomic E-state index is 12.4. The molecule has 1 atom stereocenters. The zero-order valence-corrected chi connectivity index (χ0v) is 15.9. The van der Waals surface area contributed by atoms with Gasteiger partial charge in [0.25, 0.3) is 11.5 Å². The molecule has 0 radical (unpaired) electrons. The second kappa shape index (κ2) is 8.95. The number of nitrogens with one attached hydrogen (secondary N) is 2. The van der Waals surface area contributed by atoms with Crippen LogP contribution in [-0.4, -0.2) is 40.0 Å². The number of hydrogen-bond acceptors (Lipinski definition) is 6. The molecule has 2 aromatic rings. The Morgan fingerprint density at radius 1 is 1.35 bits per heavy atom. The van der Waals surface area contributed by atoms with Gasteiger partial charge in [0.2, 0.25) is 0 Å². The van der Waals surface area contributed by atoms with Gasteiger partial charge in [0.1, 0.15) is 12.7 Å². The fraction of sp³-hybridized carbons (Fsp3) is 0.294. The van der Waals surface area contributed by atoms with Crippen LogP contribution in [0.5, 0.6) is 0 Å². The van der Waals surface area contributed by atoms with Crippen molar-refractivity contribution in [2.45, 2.75) is 13.0 Å². The number of pyridine rings is 1. The van der Waals surface area contributed by atoms with Gasteiger partial charge in [0.05, 0.1) is 17.9 Å². The molecule has 26 heavy (non-hydrogen) atoms. The van der Waals surface area contributed by atoms with Gasteiger partial charge in [-0.15, -0.1) is 0 Å². The van der Waals surface area contributed by atoms with Crippen molar-refractivity contribution >= 4 is 33.2 Å². The third-order valence-corrected chi connectivity index (χ3v) is 4.08. The van der Waals surface area contributed by atoms with Crippen molar-refractivity contribution in [3.63, 3.8) is 0 Å². The van der Waals surface area contributed by atoms with Gasteiger partial charge in [-0.25, -0.2) is 5.48 Å². The minimum absolute atomic E-state index is 0.188. The summed E-state index contributed by atoms with van der Waals surface area (Å²) in [4.78, 5) is 29.2. The number of aromatic nitrogens is 1. The van der Waals surface area contributed by atoms with E-state index in [1.165, 1.54) is 23.9 Å². The molecule has 0 aliphatic rings. The second-order valence-corrected chi connectivity index (χ2v) is 6.63. The molecular weight excluding hydrogens is 406 g/mol. The van der Waals surface area contributed by atoms with E-state index in [4.69, 9.17) is 9.94 Å². The number of aliphatic hydroxyl groups is 2. The summed E-state index contributed by atoms with van der Waals surface area (Å²) in [5.74, 6) is -0.594. The van der Waals surface area contributed by atoms with Crippen molar-refractivity contribution in [3.05, 3.63) is 56.4 Å². The number of rotatable bonds is 7. The van der Waals surface area contributed by atoms with Gasteiger partial charge in [0.15, 0.2) is 0 Å². The Kier molecular flexibility index (Phi) is 6.92. The van der Waals surface area contributed by atoms with Crippen LogP contribution in [0.2, 0.25) is 0 Å². The van der Waals surface area contributed by atoms with Gasteiger partial charge in [-0.3, -0.25) is 14.4 Å². The smallest absolute Gasteiger partial charge is 0.278 e. The predicted octanol–water partition coefficient (Wildman–Crippen LogP) is 1.21. The molecule has 1 amide bonds. The first-order chi connectivity index (χ1) is 12.3. The highest BCUT2D eigenvalue weighted by Crippen LogP contribution is 2.25. The van der Waals surface area contributed by atoms with Crippen molar-refractivity contribution in [1.29, 1.82) is 0 Å². The lowest BCUT2D eigenvalue weighted by molar-refractivity contribution is -0.0295. The van der Waals surface area contributed by atoms with E-state index in [2.05, 4.69) is 26.7 Å². The van der Waals surface area contributed by atoms with Crippen molar-refractivity contribution in [3.8, 4) is 0 Å². The van der Waals surface area contributed by atoms with E-state index in [0.29, 0.717) is 5.69 Å². The SMILES string of the molecule is Cc1cc(Br)ccc1Nc1cc(=O)n(C)cc1C(=O)NOC[C@@H](O)CO. The predicted molar refractivity (Wildman–Crippen MR) is 100 cm³/mol. The normalized spacial score (nSPS) is 11.9. The number of aryl methyl sites for hydroxylation is 2. The maximum Gasteiger partial charge on any atom is 0.278 e. The van der Waals surface area contributed by atoms with Crippen LogP contribution in [0.4, 0.5) is 11.4 Å². The summed E-state index contributed by atoms with van der Waals surface area (Å²) in [5.41, 5.74) is 4.08. The van der Waals surface area contributed by atoms with Gasteiger partial charge in [-0.2, -0.15) is 0 Å². The minimum Gasteiger partial charge on any atom is -0.394 e. The number of amides is 1. The molecule has 1 aromatic carbocycles. The quantitative estimate of drug-likeness (QED) is 0.496. The number of hydroxylamine groups is 1. The lowest BCUT2D eigenvalue weighted by Gasteiger charge is -2.15. The van der Waals surface area contributed by atoms with E-state index >= 15 is 0 Å². The highest BCUT2D eigenvalue weighted by Gasteiger charge is 2.15. The molecule has 1 heterocycles. The van der Waals surface area contributed by atoms with E-state index in [9.17, 15) is 14.7 Å². The molecule has 0 saturated carbocycles. The number of aliphatic hydroxyl groups excluding tert-OH is 2. The highest BCUT2D eigenvalue weighted by atomic mass is 79.9. The summed E-state index contributed by atoms with van der Waals surface area (Å²) >= 11 is 3.39. The summed E-state index contributed by atoms with van der Waals surface area (Å²) < 4.78 is 2.19. The van der Waals surface area contributed by atoms with Gasteiger partial charge in [-0.1, -0.05) is 15.9 Å². The lowest BCUT2D eigenvalue weighted by atomic mass is 10.1. The second-order valence-electron chi connectivity index (χ2n) is 5.71. The molecule has 8 nitrogen and oxygen atoms in total. The van der Waals surface area contributed by atoms with Gasteiger partial charge >= 0.3 is 0 Å². The van der Waals surface area contributed by atoms with E-state index < -0.39 is 18.6 Å². The Balaban J connectivity index is 2.26. The topological polar surface area (TPSA) is 113 Å². The first kappa shape index (κ1) is 20.1. The molecule has 2 rings (SSSR count). The Hall–Kier alpha value is -2.20. The number of carbonyl (C=O) groups excluding carboxylic acids is 1. The number of hydrogen-bond donors (Lipinski definition) is 4. The monoisotopic (exact) mass is 425 g/mol. The standard InChI is InChI=1S/C17H20BrN3O5/c1-10-5-11(18)3-4-14(10)19-15-6-16(24)21(2)7-13(15)17(25)20-26-9-12(23)8-22/h3-7,12,19,22-23H,8-9H2,1-2H3,(H,20,25)/t12-/m0/s1. The van der Waals surface area contributed by atoms with Crippen molar-refractivity contribution in [2.75, 3.05) is 18.5 Å². The number of benzene rings is 1. The number of halogens is 1. The number of anilines is 2. The summed E-state index contributed by atoms with van der Waals surface area (Å²) in [7, 11) is 1.53. The Bertz CT molecular complexity index is 853. The van der Waals surface area contributed by atoms with E-state index in [1.54, 1.807) is 0 Å². The Labute approximate surface area is 158 Å². The molecule has 9 heteroatoms. The van der Waals surface area contributed by atoms with Gasteiger partial charge < -0.3 is 20.1 Å². The van der Waals surface area contributed by atoms with Gasteiger partial charge in [-0.05, 0) is 30.7 Å². The Morgan fingerprint density at radius 3 is 2.73 bits per heavy atom. The fourth-order valence-corrected chi connectivity index (χ4v) is 2.61. The van der Waals surface area contributed by atoms with Crippen LogP contribution in [0, 0.1) is 6.92 Å². The Morgan fingerprint density at radius 2 is 2.08 bits per heavy atom. The molecule has 0 aliphatic heterocycles. The summed E-state index contributed by atoms with van der Waals surface area (Å²) in [6.45, 7) is 1.15. The third-order valence-electron chi connectivity index (χ3n) is 3.58. The van der Waals surface area contributed by atoms with Crippen LogP contribution in [0.25, 0.3) is 0 Å². The van der Waals surface area contributed by atoms with E-state index in [1.807, 2.05) is 25.1 Å². The van der Waals surface area contributed by atoms with Crippen molar-refractivity contribution in [2.24, 2.45) is 7.05 Å². The zero-order chi connectivity index (χ0) is 19.3. The molecule has 0 fully saturated rings. The van der Waals surface area contributed by atoms with E-state index in [-0.39, 0.29) is 17.7 Å². The van der Waals surface area contributed by atoms with Crippen LogP contribution >= 0.6 is 15.9 Å². The molecule has 140 valence electrons. The zero-order valence-electron chi connectivity index (χ0n) is 14.3. The van der Waals surface area contributed by atoms with Crippen LogP contribution in [-0.2, 0) is 11.9 Å². The molecule has 0 saturated heterocycles. The molecule has 4 N–H and O–H groups in total. The van der Waals surface area contributed by atoms with E-state index in [0.717, 1.165) is 15.7 Å². The van der Waals surface area contributed by atoms with Crippen LogP contribution < -0.4 is 16.4 Å². The first-order valence-electron chi connectivity index (χ1n) is 7.76. The maximum absolute atomic E-state index is 12.4. The molecule has 0 aliphatic carbocycles. The number of carbonyl (C=O) groups is 1. The van der Waals surface area contributed by atoms with Crippen LogP contribution in [0.1, 0.15) is 15.9 Å².